The summed E-state index contributed by atoms with van der Waals surface area (Å²) >= 11 is 0. The molecule has 0 N–H and O–H groups in total. The Labute approximate surface area is 153 Å². The van der Waals surface area contributed by atoms with Gasteiger partial charge in [0.1, 0.15) is 0 Å². The minimum absolute atomic E-state index is 0.187. The first kappa shape index (κ1) is 28.3. The summed E-state index contributed by atoms with van der Waals surface area (Å²) in [6, 6.07) is -0.426. The van der Waals surface area contributed by atoms with E-state index in [4.69, 9.17) is 0 Å². The number of esters is 2. The first-order valence-corrected chi connectivity index (χ1v) is 7.73. The molecule has 0 aromatic heterocycles. The minimum Gasteiger partial charge on any atom is -0.469 e. The van der Waals surface area contributed by atoms with Crippen molar-refractivity contribution in [1.82, 2.24) is 0 Å². The zero-order chi connectivity index (χ0) is 21.7. The molecular weight excluding hydrogens is 348 g/mol. The summed E-state index contributed by atoms with van der Waals surface area (Å²) in [5, 5.41) is 20.0. The van der Waals surface area contributed by atoms with Gasteiger partial charge >= 0.3 is 11.9 Å². The Balaban J connectivity index is -0.000000342. The number of rotatable bonds is 6. The highest BCUT2D eigenvalue weighted by Crippen LogP contribution is 2.20. The van der Waals surface area contributed by atoms with E-state index in [0.29, 0.717) is 5.57 Å². The zero-order valence-corrected chi connectivity index (χ0v) is 16.7. The van der Waals surface area contributed by atoms with Crippen molar-refractivity contribution >= 4 is 11.9 Å². The largest absolute Gasteiger partial charge is 0.469 e. The quantitative estimate of drug-likeness (QED) is 0.297. The third-order valence-corrected chi connectivity index (χ3v) is 2.86. The van der Waals surface area contributed by atoms with E-state index in [2.05, 4.69) is 16.1 Å². The highest BCUT2D eigenvalue weighted by atomic mass is 16.6. The van der Waals surface area contributed by atoms with Crippen LogP contribution in [0.2, 0.25) is 0 Å². The fourth-order valence-corrected chi connectivity index (χ4v) is 1.28. The molecule has 0 aromatic rings. The summed E-state index contributed by atoms with van der Waals surface area (Å²) in [7, 11) is 2.61. The molecule has 152 valence electrons. The van der Waals surface area contributed by atoms with E-state index in [1.165, 1.54) is 28.1 Å². The maximum absolute atomic E-state index is 11.0. The van der Waals surface area contributed by atoms with Crippen LogP contribution < -0.4 is 0 Å². The average Bonchev–Trinajstić information content (AvgIpc) is 2.53. The lowest BCUT2D eigenvalue weighted by Gasteiger charge is -2.18. The summed E-state index contributed by atoms with van der Waals surface area (Å²) in [5.74, 6) is -1.19. The van der Waals surface area contributed by atoms with Gasteiger partial charge in [0.05, 0.1) is 20.1 Å². The molecule has 0 bridgehead atoms. The van der Waals surface area contributed by atoms with Gasteiger partial charge in [0.15, 0.2) is 0 Å². The molecule has 0 aliphatic heterocycles. The van der Waals surface area contributed by atoms with E-state index < -0.39 is 23.5 Å². The molecule has 0 amide bonds. The molecule has 0 rings (SSSR count). The molecule has 1 atom stereocenters. The van der Waals surface area contributed by atoms with Gasteiger partial charge in [-0.3, -0.25) is 25.0 Å². The Hall–Kier alpha value is -2.52. The Morgan fingerprint density at radius 1 is 1.08 bits per heavy atom. The third-order valence-electron chi connectivity index (χ3n) is 2.86. The predicted octanol–water partition coefficient (Wildman–Crippen LogP) is 2.65. The van der Waals surface area contributed by atoms with E-state index in [1.807, 2.05) is 0 Å². The molecular formula is C16H30N2O8. The van der Waals surface area contributed by atoms with E-state index >= 15 is 0 Å². The van der Waals surface area contributed by atoms with E-state index in [-0.39, 0.29) is 22.2 Å². The molecule has 10 heteroatoms. The van der Waals surface area contributed by atoms with Crippen molar-refractivity contribution in [2.75, 3.05) is 14.2 Å². The van der Waals surface area contributed by atoms with Gasteiger partial charge in [-0.05, 0) is 6.92 Å². The van der Waals surface area contributed by atoms with Crippen molar-refractivity contribution in [2.24, 2.45) is 5.92 Å². The summed E-state index contributed by atoms with van der Waals surface area (Å²) in [4.78, 5) is 40.5. The van der Waals surface area contributed by atoms with Gasteiger partial charge < -0.3 is 9.47 Å². The second kappa shape index (κ2) is 13.7. The van der Waals surface area contributed by atoms with Crippen LogP contribution in [0.3, 0.4) is 0 Å². The highest BCUT2D eigenvalue weighted by molar-refractivity contribution is 5.86. The second-order valence-electron chi connectivity index (χ2n) is 6.35. The average molecular weight is 378 g/mol. The van der Waals surface area contributed by atoms with Crippen molar-refractivity contribution in [3.63, 3.8) is 0 Å². The number of hydrogen-bond acceptors (Lipinski definition) is 8. The fourth-order valence-electron chi connectivity index (χ4n) is 1.28. The van der Waals surface area contributed by atoms with Crippen LogP contribution in [-0.4, -0.2) is 47.6 Å². The zero-order valence-electron chi connectivity index (χ0n) is 16.7. The first-order valence-electron chi connectivity index (χ1n) is 7.73. The molecule has 10 nitrogen and oxygen atoms in total. The molecule has 0 aromatic carbocycles. The minimum atomic E-state index is -1.08. The lowest BCUT2D eigenvalue weighted by molar-refractivity contribution is -0.562. The smallest absolute Gasteiger partial charge is 0.332 e. The van der Waals surface area contributed by atoms with Gasteiger partial charge in [0, 0.05) is 49.5 Å². The van der Waals surface area contributed by atoms with Gasteiger partial charge in [0.2, 0.25) is 11.6 Å². The third kappa shape index (κ3) is 15.0. The monoisotopic (exact) mass is 378 g/mol. The number of methoxy groups -OCH3 is 2. The Morgan fingerprint density at radius 3 is 1.62 bits per heavy atom. The van der Waals surface area contributed by atoms with Crippen LogP contribution in [0.15, 0.2) is 12.2 Å². The number of nitro groups is 2. The van der Waals surface area contributed by atoms with Crippen molar-refractivity contribution in [3.05, 3.63) is 32.4 Å². The molecule has 0 heterocycles. The molecule has 0 aliphatic rings. The highest BCUT2D eigenvalue weighted by Gasteiger charge is 2.35. The van der Waals surface area contributed by atoms with Crippen LogP contribution in [0.25, 0.3) is 0 Å². The van der Waals surface area contributed by atoms with Crippen LogP contribution in [0.5, 0.6) is 0 Å². The standard InChI is InChI=1S/C8H15NO4.C5H8O2.C3H7NO2/c1-6(7(10)13-4)5-8(2,3)9(11)12;1-4(2)5(6)7-3;1-3(2)4(5)6/h6H,5H2,1-4H3;1H2,2-3H3;3H,1-2H3. The maximum atomic E-state index is 11.0. The predicted molar refractivity (Wildman–Crippen MR) is 95.8 cm³/mol. The van der Waals surface area contributed by atoms with Crippen LogP contribution in [0.4, 0.5) is 0 Å². The second-order valence-corrected chi connectivity index (χ2v) is 6.35. The van der Waals surface area contributed by atoms with Crippen LogP contribution >= 0.6 is 0 Å². The number of nitrogens with zero attached hydrogens (tertiary/aromatic N) is 2. The summed E-state index contributed by atoms with van der Waals surface area (Å²) < 4.78 is 8.75. The molecule has 1 unspecified atom stereocenters. The van der Waals surface area contributed by atoms with Gasteiger partial charge in [-0.2, -0.15) is 0 Å². The number of carbonyl (C=O) groups is 2. The molecule has 0 saturated heterocycles. The molecule has 0 saturated carbocycles. The maximum Gasteiger partial charge on any atom is 0.332 e. The van der Waals surface area contributed by atoms with Crippen molar-refractivity contribution in [3.8, 4) is 0 Å². The number of hydrogen-bond donors (Lipinski definition) is 0. The van der Waals surface area contributed by atoms with Crippen LogP contribution in [0, 0.1) is 26.1 Å². The van der Waals surface area contributed by atoms with Crippen LogP contribution in [-0.2, 0) is 19.1 Å². The molecule has 0 fully saturated rings. The van der Waals surface area contributed by atoms with Gasteiger partial charge in [0.25, 0.3) is 0 Å². The Bertz CT molecular complexity index is 500. The molecule has 0 spiro atoms. The summed E-state index contributed by atoms with van der Waals surface area (Å²) in [6.45, 7) is 12.6. The molecule has 0 aliphatic carbocycles. The van der Waals surface area contributed by atoms with E-state index in [1.54, 1.807) is 27.7 Å². The summed E-state index contributed by atoms with van der Waals surface area (Å²) in [5.41, 5.74) is -0.643. The lowest BCUT2D eigenvalue weighted by Crippen LogP contribution is -2.35. The van der Waals surface area contributed by atoms with E-state index in [9.17, 15) is 29.8 Å². The Morgan fingerprint density at radius 2 is 1.46 bits per heavy atom. The van der Waals surface area contributed by atoms with Crippen molar-refractivity contribution < 1.29 is 28.9 Å². The van der Waals surface area contributed by atoms with Crippen molar-refractivity contribution in [1.29, 1.82) is 0 Å². The number of ether oxygens (including phenoxy) is 2. The van der Waals surface area contributed by atoms with E-state index in [0.717, 1.165) is 0 Å². The molecule has 26 heavy (non-hydrogen) atoms. The van der Waals surface area contributed by atoms with Gasteiger partial charge in [-0.1, -0.05) is 13.5 Å². The fraction of sp³-hybridized carbons (Fsp3) is 0.750. The first-order chi connectivity index (χ1) is 11.6. The van der Waals surface area contributed by atoms with Gasteiger partial charge in [-0.15, -0.1) is 0 Å². The normalized spacial score (nSPS) is 11.0. The lowest BCUT2D eigenvalue weighted by atomic mass is 9.92. The molecule has 0 radical (unpaired) electrons. The van der Waals surface area contributed by atoms with Gasteiger partial charge in [-0.25, -0.2) is 4.79 Å². The number of carbonyl (C=O) groups excluding carboxylic acids is 2. The topological polar surface area (TPSA) is 139 Å². The Kier molecular flexibility index (Phi) is 14.9. The SMILES string of the molecule is C=C(C)C(=O)OC.CC(C)[N+](=O)[O-].COC(=O)C(C)CC(C)(C)[N+](=O)[O-]. The van der Waals surface area contributed by atoms with Crippen molar-refractivity contribution in [2.45, 2.75) is 59.5 Å². The summed E-state index contributed by atoms with van der Waals surface area (Å²) in [6.07, 6.45) is 0.187. The van der Waals surface area contributed by atoms with Crippen LogP contribution in [0.1, 0.15) is 48.0 Å².